The van der Waals surface area contributed by atoms with Gasteiger partial charge >= 0.3 is 0 Å². The highest BCUT2D eigenvalue weighted by Gasteiger charge is 2.40. The third kappa shape index (κ3) is 2.58. The molecule has 1 saturated carbocycles. The third-order valence-electron chi connectivity index (χ3n) is 4.41. The first-order chi connectivity index (χ1) is 8.87. The van der Waals surface area contributed by atoms with E-state index in [1.807, 2.05) is 6.92 Å². The van der Waals surface area contributed by atoms with E-state index in [-0.39, 0.29) is 0 Å². The monoisotopic (exact) mass is 326 g/mol. The molecule has 1 aromatic rings. The van der Waals surface area contributed by atoms with Crippen molar-refractivity contribution in [1.29, 1.82) is 0 Å². The lowest BCUT2D eigenvalue weighted by atomic mass is 9.75. The van der Waals surface area contributed by atoms with Gasteiger partial charge in [0.1, 0.15) is 5.82 Å². The summed E-state index contributed by atoms with van der Waals surface area (Å²) < 4.78 is 1.00. The molecule has 0 atom stereocenters. The molecule has 0 saturated heterocycles. The molecule has 5 heteroatoms. The number of hydrogen-bond acceptors (Lipinski definition) is 4. The molecule has 4 nitrogen and oxygen atoms in total. The van der Waals surface area contributed by atoms with Crippen LogP contribution in [0, 0.1) is 6.92 Å². The van der Waals surface area contributed by atoms with Crippen molar-refractivity contribution in [2.75, 3.05) is 38.3 Å². The van der Waals surface area contributed by atoms with E-state index in [2.05, 4.69) is 51.9 Å². The van der Waals surface area contributed by atoms with Crippen LogP contribution in [0.25, 0.3) is 0 Å². The number of halogens is 1. The van der Waals surface area contributed by atoms with Crippen molar-refractivity contribution in [2.24, 2.45) is 0 Å². The molecule has 1 heterocycles. The van der Waals surface area contributed by atoms with Gasteiger partial charge in [0.15, 0.2) is 0 Å². The predicted octanol–water partition coefficient (Wildman–Crippen LogP) is 2.66. The number of likely N-dealkylation sites (N-methyl/N-ethyl adjacent to an activating group) is 2. The van der Waals surface area contributed by atoms with Crippen LogP contribution in [0.4, 0.5) is 11.5 Å². The van der Waals surface area contributed by atoms with Crippen molar-refractivity contribution in [1.82, 2.24) is 9.88 Å². The summed E-state index contributed by atoms with van der Waals surface area (Å²) in [6, 6.07) is 0. The Kier molecular flexibility index (Phi) is 4.06. The van der Waals surface area contributed by atoms with Gasteiger partial charge in [0.2, 0.25) is 0 Å². The minimum Gasteiger partial charge on any atom is -0.397 e. The summed E-state index contributed by atoms with van der Waals surface area (Å²) in [5, 5.41) is 0. The molecule has 19 heavy (non-hydrogen) atoms. The Hall–Kier alpha value is -0.810. The molecule has 2 rings (SSSR count). The quantitative estimate of drug-likeness (QED) is 0.923. The number of anilines is 2. The zero-order valence-electron chi connectivity index (χ0n) is 12.2. The number of nitrogens with zero attached hydrogens (tertiary/aromatic N) is 3. The normalized spacial score (nSPS) is 17.4. The van der Waals surface area contributed by atoms with E-state index in [9.17, 15) is 0 Å². The van der Waals surface area contributed by atoms with Gasteiger partial charge in [-0.15, -0.1) is 0 Å². The van der Waals surface area contributed by atoms with Crippen molar-refractivity contribution in [2.45, 2.75) is 31.7 Å². The number of nitrogens with two attached hydrogens (primary N) is 1. The lowest BCUT2D eigenvalue weighted by Crippen LogP contribution is -2.56. The van der Waals surface area contributed by atoms with Crippen LogP contribution < -0.4 is 10.6 Å². The summed E-state index contributed by atoms with van der Waals surface area (Å²) in [5.41, 5.74) is 7.97. The minimum absolute atomic E-state index is 0.297. The van der Waals surface area contributed by atoms with Crippen LogP contribution >= 0.6 is 15.9 Å². The topological polar surface area (TPSA) is 45.4 Å². The second-order valence-corrected chi connectivity index (χ2v) is 6.60. The van der Waals surface area contributed by atoms with Gasteiger partial charge in [-0.1, -0.05) is 0 Å². The molecule has 1 fully saturated rings. The molecule has 106 valence electrons. The number of rotatable bonds is 4. The molecule has 0 aromatic carbocycles. The van der Waals surface area contributed by atoms with E-state index in [1.165, 1.54) is 19.3 Å². The van der Waals surface area contributed by atoms with Crippen molar-refractivity contribution in [3.8, 4) is 0 Å². The number of aromatic nitrogens is 1. The number of nitrogen functional groups attached to an aromatic ring is 1. The van der Waals surface area contributed by atoms with Gasteiger partial charge in [-0.2, -0.15) is 0 Å². The maximum absolute atomic E-state index is 5.88. The zero-order chi connectivity index (χ0) is 14.2. The van der Waals surface area contributed by atoms with Gasteiger partial charge in [0, 0.05) is 19.1 Å². The summed E-state index contributed by atoms with van der Waals surface area (Å²) in [5.74, 6) is 0.972. The Balaban J connectivity index is 2.21. The molecule has 1 aromatic heterocycles. The Morgan fingerprint density at radius 2 is 2.00 bits per heavy atom. The maximum Gasteiger partial charge on any atom is 0.143 e. The van der Waals surface area contributed by atoms with E-state index in [0.29, 0.717) is 5.54 Å². The van der Waals surface area contributed by atoms with Crippen LogP contribution in [0.2, 0.25) is 0 Å². The molecular weight excluding hydrogens is 304 g/mol. The highest BCUT2D eigenvalue weighted by atomic mass is 79.9. The van der Waals surface area contributed by atoms with Gasteiger partial charge < -0.3 is 15.5 Å². The van der Waals surface area contributed by atoms with Gasteiger partial charge in [0.05, 0.1) is 16.4 Å². The first-order valence-corrected chi connectivity index (χ1v) is 7.46. The van der Waals surface area contributed by atoms with Crippen molar-refractivity contribution < 1.29 is 0 Å². The van der Waals surface area contributed by atoms with E-state index >= 15 is 0 Å². The van der Waals surface area contributed by atoms with Gasteiger partial charge in [0.25, 0.3) is 0 Å². The molecule has 0 radical (unpaired) electrons. The first kappa shape index (κ1) is 14.6. The fourth-order valence-electron chi connectivity index (χ4n) is 2.69. The van der Waals surface area contributed by atoms with E-state index < -0.39 is 0 Å². The first-order valence-electron chi connectivity index (χ1n) is 6.66. The lowest BCUT2D eigenvalue weighted by molar-refractivity contribution is 0.0681. The fourth-order valence-corrected chi connectivity index (χ4v) is 3.33. The highest BCUT2D eigenvalue weighted by Crippen LogP contribution is 2.38. The Morgan fingerprint density at radius 3 is 2.47 bits per heavy atom. The Labute approximate surface area is 124 Å². The SMILES string of the molecule is Cc1c(N)cnc(N(C)CC2(N(C)C)CCC2)c1Br. The average Bonchev–Trinajstić information content (AvgIpc) is 2.30. The Morgan fingerprint density at radius 1 is 1.37 bits per heavy atom. The van der Waals surface area contributed by atoms with E-state index in [4.69, 9.17) is 5.73 Å². The number of hydrogen-bond donors (Lipinski definition) is 1. The summed E-state index contributed by atoms with van der Waals surface area (Å²) in [6.45, 7) is 3.01. The summed E-state index contributed by atoms with van der Waals surface area (Å²) in [7, 11) is 6.44. The second kappa shape index (κ2) is 5.29. The molecule has 2 N–H and O–H groups in total. The van der Waals surface area contributed by atoms with Crippen LogP contribution in [0.1, 0.15) is 24.8 Å². The van der Waals surface area contributed by atoms with Crippen LogP contribution in [-0.4, -0.2) is 43.1 Å². The third-order valence-corrected chi connectivity index (χ3v) is 5.36. The molecule has 1 aliphatic rings. The van der Waals surface area contributed by atoms with E-state index in [1.54, 1.807) is 6.20 Å². The van der Waals surface area contributed by atoms with Crippen LogP contribution in [0.5, 0.6) is 0 Å². The summed E-state index contributed by atoms with van der Waals surface area (Å²) in [6.07, 6.45) is 5.59. The van der Waals surface area contributed by atoms with Gasteiger partial charge in [-0.3, -0.25) is 0 Å². The second-order valence-electron chi connectivity index (χ2n) is 5.80. The van der Waals surface area contributed by atoms with Crippen LogP contribution in [0.15, 0.2) is 10.7 Å². The standard InChI is InChI=1S/C14H23BrN4/c1-10-11(16)8-17-13(12(10)15)19(4)9-14(18(2)3)6-5-7-14/h8H,5-7,9,16H2,1-4H3. The average molecular weight is 327 g/mol. The molecule has 0 unspecified atom stereocenters. The van der Waals surface area contributed by atoms with Crippen molar-refractivity contribution in [3.63, 3.8) is 0 Å². The summed E-state index contributed by atoms with van der Waals surface area (Å²) >= 11 is 3.62. The van der Waals surface area contributed by atoms with Gasteiger partial charge in [-0.25, -0.2) is 4.98 Å². The molecule has 0 spiro atoms. The zero-order valence-corrected chi connectivity index (χ0v) is 13.8. The largest absolute Gasteiger partial charge is 0.397 e. The van der Waals surface area contributed by atoms with Crippen molar-refractivity contribution >= 4 is 27.4 Å². The predicted molar refractivity (Wildman–Crippen MR) is 84.6 cm³/mol. The number of pyridine rings is 1. The van der Waals surface area contributed by atoms with Crippen LogP contribution in [0.3, 0.4) is 0 Å². The lowest BCUT2D eigenvalue weighted by Gasteiger charge is -2.49. The van der Waals surface area contributed by atoms with Gasteiger partial charge in [-0.05, 0) is 61.8 Å². The minimum atomic E-state index is 0.297. The maximum atomic E-state index is 5.88. The molecule has 0 bridgehead atoms. The highest BCUT2D eigenvalue weighted by molar-refractivity contribution is 9.10. The van der Waals surface area contributed by atoms with E-state index in [0.717, 1.165) is 28.1 Å². The summed E-state index contributed by atoms with van der Waals surface area (Å²) in [4.78, 5) is 9.06. The van der Waals surface area contributed by atoms with Crippen LogP contribution in [-0.2, 0) is 0 Å². The van der Waals surface area contributed by atoms with Crippen molar-refractivity contribution in [3.05, 3.63) is 16.2 Å². The molecule has 0 amide bonds. The fraction of sp³-hybridized carbons (Fsp3) is 0.643. The Bertz CT molecular complexity index is 469. The molecular formula is C14H23BrN4. The molecule has 1 aliphatic carbocycles. The smallest absolute Gasteiger partial charge is 0.143 e. The molecule has 0 aliphatic heterocycles.